The molecule has 3 nitrogen and oxygen atoms in total. The number of carbonyl (C=O) groups excluding carboxylic acids is 1. The molecule has 0 radical (unpaired) electrons. The Morgan fingerprint density at radius 1 is 1.19 bits per heavy atom. The van der Waals surface area contributed by atoms with Gasteiger partial charge in [-0.05, 0) is 25.3 Å². The zero-order valence-corrected chi connectivity index (χ0v) is 10.9. The first-order valence-electron chi connectivity index (χ1n) is 6.47. The second-order valence-corrected chi connectivity index (χ2v) is 5.75. The Morgan fingerprint density at radius 3 is 2.38 bits per heavy atom. The van der Waals surface area contributed by atoms with Crippen molar-refractivity contribution in [3.8, 4) is 0 Å². The van der Waals surface area contributed by atoms with Crippen LogP contribution in [-0.2, 0) is 4.79 Å². The largest absolute Gasteiger partial charge is 0.355 e. The van der Waals surface area contributed by atoms with Gasteiger partial charge in [-0.2, -0.15) is 0 Å². The quantitative estimate of drug-likeness (QED) is 0.752. The van der Waals surface area contributed by atoms with Gasteiger partial charge in [0.1, 0.15) is 0 Å². The predicted octanol–water partition coefficient (Wildman–Crippen LogP) is 1.93. The van der Waals surface area contributed by atoms with E-state index in [0.29, 0.717) is 0 Å². The molecule has 0 atom stereocenters. The van der Waals surface area contributed by atoms with Gasteiger partial charge in [0.2, 0.25) is 5.91 Å². The minimum absolute atomic E-state index is 0.138. The molecule has 94 valence electrons. The van der Waals surface area contributed by atoms with Gasteiger partial charge in [-0.15, -0.1) is 0 Å². The Balaban J connectivity index is 2.28. The summed E-state index contributed by atoms with van der Waals surface area (Å²) in [7, 11) is 1.95. The van der Waals surface area contributed by atoms with Crippen molar-refractivity contribution in [1.82, 2.24) is 10.6 Å². The van der Waals surface area contributed by atoms with Crippen LogP contribution in [0.25, 0.3) is 0 Å². The summed E-state index contributed by atoms with van der Waals surface area (Å²) < 4.78 is 0. The van der Waals surface area contributed by atoms with E-state index in [2.05, 4.69) is 24.5 Å². The van der Waals surface area contributed by atoms with E-state index in [1.807, 2.05) is 7.05 Å². The van der Waals surface area contributed by atoms with Crippen molar-refractivity contribution in [3.05, 3.63) is 0 Å². The maximum Gasteiger partial charge on any atom is 0.223 e. The molecule has 1 aliphatic rings. The second kappa shape index (κ2) is 6.24. The summed E-state index contributed by atoms with van der Waals surface area (Å²) in [5.41, 5.74) is 0.138. The van der Waals surface area contributed by atoms with Crippen LogP contribution in [0.4, 0.5) is 0 Å². The van der Waals surface area contributed by atoms with E-state index in [4.69, 9.17) is 0 Å². The monoisotopic (exact) mass is 226 g/mol. The molecule has 1 saturated carbocycles. The number of rotatable bonds is 5. The first-order chi connectivity index (χ1) is 7.55. The molecule has 1 amide bonds. The Hall–Kier alpha value is -0.570. The van der Waals surface area contributed by atoms with Crippen LogP contribution >= 0.6 is 0 Å². The molecule has 1 fully saturated rings. The van der Waals surface area contributed by atoms with E-state index < -0.39 is 0 Å². The van der Waals surface area contributed by atoms with Crippen LogP contribution in [0.3, 0.4) is 0 Å². The van der Waals surface area contributed by atoms with Crippen LogP contribution in [0, 0.1) is 11.3 Å². The highest BCUT2D eigenvalue weighted by Gasteiger charge is 2.23. The van der Waals surface area contributed by atoms with Crippen molar-refractivity contribution in [2.75, 3.05) is 20.1 Å². The van der Waals surface area contributed by atoms with Crippen molar-refractivity contribution >= 4 is 5.91 Å². The molecule has 0 saturated heterocycles. The van der Waals surface area contributed by atoms with Gasteiger partial charge in [0.05, 0.1) is 0 Å². The van der Waals surface area contributed by atoms with Gasteiger partial charge in [-0.3, -0.25) is 4.79 Å². The van der Waals surface area contributed by atoms with E-state index in [1.165, 1.54) is 19.3 Å². The van der Waals surface area contributed by atoms with Crippen LogP contribution in [0.1, 0.15) is 46.0 Å². The lowest BCUT2D eigenvalue weighted by Crippen LogP contribution is -2.41. The minimum Gasteiger partial charge on any atom is -0.355 e. The van der Waals surface area contributed by atoms with Crippen molar-refractivity contribution in [2.45, 2.75) is 46.0 Å². The Morgan fingerprint density at radius 2 is 1.81 bits per heavy atom. The molecule has 1 rings (SSSR count). The van der Waals surface area contributed by atoms with Gasteiger partial charge in [0, 0.05) is 19.0 Å². The standard InChI is InChI=1S/C13H26N2O/c1-13(2,9-14-3)10-15-12(16)11-7-5-4-6-8-11/h11,14H,4-10H2,1-3H3,(H,15,16). The molecule has 3 heteroatoms. The smallest absolute Gasteiger partial charge is 0.223 e. The molecular weight excluding hydrogens is 200 g/mol. The van der Waals surface area contributed by atoms with Gasteiger partial charge in [0.15, 0.2) is 0 Å². The molecule has 0 heterocycles. The fourth-order valence-corrected chi connectivity index (χ4v) is 2.38. The molecule has 1 aliphatic carbocycles. The zero-order chi connectivity index (χ0) is 12.0. The van der Waals surface area contributed by atoms with Gasteiger partial charge in [-0.25, -0.2) is 0 Å². The summed E-state index contributed by atoms with van der Waals surface area (Å²) in [6.07, 6.45) is 5.90. The van der Waals surface area contributed by atoms with E-state index in [-0.39, 0.29) is 17.2 Å². The van der Waals surface area contributed by atoms with E-state index in [9.17, 15) is 4.79 Å². The lowest BCUT2D eigenvalue weighted by atomic mass is 9.88. The zero-order valence-electron chi connectivity index (χ0n) is 10.9. The SMILES string of the molecule is CNCC(C)(C)CNC(=O)C1CCCCC1. The van der Waals surface area contributed by atoms with Gasteiger partial charge in [-0.1, -0.05) is 33.1 Å². The van der Waals surface area contributed by atoms with Crippen LogP contribution in [0.15, 0.2) is 0 Å². The maximum absolute atomic E-state index is 11.9. The highest BCUT2D eigenvalue weighted by molar-refractivity contribution is 5.78. The number of amides is 1. The molecule has 0 aromatic carbocycles. The highest BCUT2D eigenvalue weighted by atomic mass is 16.1. The number of nitrogens with one attached hydrogen (secondary N) is 2. The number of hydrogen-bond donors (Lipinski definition) is 2. The van der Waals surface area contributed by atoms with Crippen molar-refractivity contribution in [1.29, 1.82) is 0 Å². The lowest BCUT2D eigenvalue weighted by molar-refractivity contribution is -0.126. The molecule has 0 spiro atoms. The summed E-state index contributed by atoms with van der Waals surface area (Å²) >= 11 is 0. The Labute approximate surface area is 99.4 Å². The molecule has 0 unspecified atom stereocenters. The van der Waals surface area contributed by atoms with Gasteiger partial charge in [0.25, 0.3) is 0 Å². The average Bonchev–Trinajstić information content (AvgIpc) is 2.27. The predicted molar refractivity (Wildman–Crippen MR) is 67.3 cm³/mol. The molecule has 2 N–H and O–H groups in total. The second-order valence-electron chi connectivity index (χ2n) is 5.75. The minimum atomic E-state index is 0.138. The fraction of sp³-hybridized carbons (Fsp3) is 0.923. The third kappa shape index (κ3) is 4.52. The van der Waals surface area contributed by atoms with E-state index >= 15 is 0 Å². The summed E-state index contributed by atoms with van der Waals surface area (Å²) in [5.74, 6) is 0.544. The van der Waals surface area contributed by atoms with E-state index in [0.717, 1.165) is 25.9 Å². The molecule has 0 aromatic rings. The number of carbonyl (C=O) groups is 1. The normalized spacial score (nSPS) is 18.4. The fourth-order valence-electron chi connectivity index (χ4n) is 2.38. The average molecular weight is 226 g/mol. The maximum atomic E-state index is 11.9. The Bertz CT molecular complexity index is 220. The third-order valence-corrected chi connectivity index (χ3v) is 3.37. The van der Waals surface area contributed by atoms with Crippen molar-refractivity contribution < 1.29 is 4.79 Å². The first-order valence-corrected chi connectivity index (χ1v) is 6.47. The topological polar surface area (TPSA) is 41.1 Å². The first kappa shape index (κ1) is 13.5. The van der Waals surface area contributed by atoms with Crippen LogP contribution in [0.5, 0.6) is 0 Å². The third-order valence-electron chi connectivity index (χ3n) is 3.37. The highest BCUT2D eigenvalue weighted by Crippen LogP contribution is 2.24. The Kier molecular flexibility index (Phi) is 5.26. The summed E-state index contributed by atoms with van der Waals surface area (Å²) in [5, 5.41) is 6.26. The lowest BCUT2D eigenvalue weighted by Gasteiger charge is -2.27. The van der Waals surface area contributed by atoms with Crippen LogP contribution in [-0.4, -0.2) is 26.0 Å². The van der Waals surface area contributed by atoms with Gasteiger partial charge >= 0.3 is 0 Å². The van der Waals surface area contributed by atoms with Crippen LogP contribution in [0.2, 0.25) is 0 Å². The number of hydrogen-bond acceptors (Lipinski definition) is 2. The molecule has 0 aromatic heterocycles. The van der Waals surface area contributed by atoms with Crippen molar-refractivity contribution in [3.63, 3.8) is 0 Å². The molecule has 0 aliphatic heterocycles. The van der Waals surface area contributed by atoms with E-state index in [1.54, 1.807) is 0 Å². The van der Waals surface area contributed by atoms with Gasteiger partial charge < -0.3 is 10.6 Å². The summed E-state index contributed by atoms with van der Waals surface area (Å²) in [6, 6.07) is 0. The molecule has 0 bridgehead atoms. The molecule has 16 heavy (non-hydrogen) atoms. The van der Waals surface area contributed by atoms with Crippen molar-refractivity contribution in [2.24, 2.45) is 11.3 Å². The summed E-state index contributed by atoms with van der Waals surface area (Å²) in [6.45, 7) is 6.04. The summed E-state index contributed by atoms with van der Waals surface area (Å²) in [4.78, 5) is 11.9. The molecular formula is C13H26N2O. The van der Waals surface area contributed by atoms with Crippen LogP contribution < -0.4 is 10.6 Å².